The standard InChI is InChI=1S/C12H21NO3S/c1-13-6-4-12(16,5-7-13)11(10(14)15)3-2-8-17-9-11/h16H,2-9H2,1H3,(H,14,15). The summed E-state index contributed by atoms with van der Waals surface area (Å²) in [5, 5.41) is 20.4. The van der Waals surface area contributed by atoms with Gasteiger partial charge in [0.25, 0.3) is 0 Å². The van der Waals surface area contributed by atoms with Crippen LogP contribution in [0.25, 0.3) is 0 Å². The molecule has 2 N–H and O–H groups in total. The number of hydrogen-bond donors (Lipinski definition) is 2. The summed E-state index contributed by atoms with van der Waals surface area (Å²) in [4.78, 5) is 13.8. The number of carbonyl (C=O) groups is 1. The minimum absolute atomic E-state index is 0.558. The molecule has 2 heterocycles. The van der Waals surface area contributed by atoms with E-state index < -0.39 is 17.0 Å². The third-order valence-electron chi connectivity index (χ3n) is 4.36. The van der Waals surface area contributed by atoms with Gasteiger partial charge in [0.1, 0.15) is 5.41 Å². The third-order valence-corrected chi connectivity index (χ3v) is 5.63. The number of carboxylic acids is 1. The summed E-state index contributed by atoms with van der Waals surface area (Å²) in [7, 11) is 2.02. The van der Waals surface area contributed by atoms with E-state index in [2.05, 4.69) is 4.90 Å². The molecule has 0 aliphatic carbocycles. The Morgan fingerprint density at radius 3 is 2.41 bits per heavy atom. The summed E-state index contributed by atoms with van der Waals surface area (Å²) in [5.41, 5.74) is -1.93. The van der Waals surface area contributed by atoms with Gasteiger partial charge in [-0.1, -0.05) is 0 Å². The molecule has 2 rings (SSSR count). The van der Waals surface area contributed by atoms with Gasteiger partial charge in [-0.15, -0.1) is 0 Å². The largest absolute Gasteiger partial charge is 0.481 e. The first-order valence-electron chi connectivity index (χ1n) is 6.22. The summed E-state index contributed by atoms with van der Waals surface area (Å²) in [6.45, 7) is 1.58. The molecule has 0 amide bonds. The Kier molecular flexibility index (Phi) is 3.71. The molecule has 0 saturated carbocycles. The van der Waals surface area contributed by atoms with Crippen molar-refractivity contribution in [2.45, 2.75) is 31.3 Å². The van der Waals surface area contributed by atoms with Crippen LogP contribution in [0, 0.1) is 5.41 Å². The van der Waals surface area contributed by atoms with Gasteiger partial charge < -0.3 is 15.1 Å². The Labute approximate surface area is 106 Å². The zero-order valence-electron chi connectivity index (χ0n) is 10.3. The average Bonchev–Trinajstić information content (AvgIpc) is 2.34. The van der Waals surface area contributed by atoms with Gasteiger partial charge >= 0.3 is 5.97 Å². The normalized spacial score (nSPS) is 34.5. The molecule has 2 saturated heterocycles. The maximum atomic E-state index is 11.7. The number of rotatable bonds is 2. The number of nitrogens with zero attached hydrogens (tertiary/aromatic N) is 1. The van der Waals surface area contributed by atoms with Crippen molar-refractivity contribution in [1.29, 1.82) is 0 Å². The quantitative estimate of drug-likeness (QED) is 0.776. The molecule has 2 fully saturated rings. The van der Waals surface area contributed by atoms with Crippen molar-refractivity contribution < 1.29 is 15.0 Å². The summed E-state index contributed by atoms with van der Waals surface area (Å²) >= 11 is 1.67. The Balaban J connectivity index is 2.23. The van der Waals surface area contributed by atoms with Crippen LogP contribution in [0.2, 0.25) is 0 Å². The highest BCUT2D eigenvalue weighted by atomic mass is 32.2. The van der Waals surface area contributed by atoms with Crippen molar-refractivity contribution in [3.63, 3.8) is 0 Å². The SMILES string of the molecule is CN1CCC(O)(C2(C(=O)O)CCCSC2)CC1. The van der Waals surface area contributed by atoms with E-state index in [-0.39, 0.29) is 0 Å². The van der Waals surface area contributed by atoms with Crippen molar-refractivity contribution in [3.8, 4) is 0 Å². The van der Waals surface area contributed by atoms with E-state index in [1.807, 2.05) is 7.05 Å². The van der Waals surface area contributed by atoms with Crippen LogP contribution < -0.4 is 0 Å². The molecule has 0 radical (unpaired) electrons. The number of piperidine rings is 1. The van der Waals surface area contributed by atoms with E-state index >= 15 is 0 Å². The molecule has 17 heavy (non-hydrogen) atoms. The summed E-state index contributed by atoms with van der Waals surface area (Å²) in [6, 6.07) is 0. The lowest BCUT2D eigenvalue weighted by Crippen LogP contribution is -2.60. The lowest BCUT2D eigenvalue weighted by molar-refractivity contribution is -0.174. The monoisotopic (exact) mass is 259 g/mol. The predicted octanol–water partition coefficient (Wildman–Crippen LogP) is 1.04. The van der Waals surface area contributed by atoms with Gasteiger partial charge in [0, 0.05) is 18.8 Å². The average molecular weight is 259 g/mol. The van der Waals surface area contributed by atoms with Crippen molar-refractivity contribution in [2.24, 2.45) is 5.41 Å². The van der Waals surface area contributed by atoms with Gasteiger partial charge in [0.2, 0.25) is 0 Å². The van der Waals surface area contributed by atoms with Crippen LogP contribution in [0.4, 0.5) is 0 Å². The van der Waals surface area contributed by atoms with Gasteiger partial charge in [-0.2, -0.15) is 11.8 Å². The number of thioether (sulfide) groups is 1. The van der Waals surface area contributed by atoms with E-state index in [1.165, 1.54) is 0 Å². The van der Waals surface area contributed by atoms with Crippen molar-refractivity contribution in [3.05, 3.63) is 0 Å². The smallest absolute Gasteiger partial charge is 0.313 e. The van der Waals surface area contributed by atoms with Crippen LogP contribution in [0.1, 0.15) is 25.7 Å². The van der Waals surface area contributed by atoms with Crippen molar-refractivity contribution in [2.75, 3.05) is 31.6 Å². The van der Waals surface area contributed by atoms with Crippen LogP contribution in [-0.4, -0.2) is 58.3 Å². The summed E-state index contributed by atoms with van der Waals surface area (Å²) in [5.74, 6) is 0.768. The molecule has 2 aliphatic rings. The zero-order chi connectivity index (χ0) is 12.5. The van der Waals surface area contributed by atoms with Crippen molar-refractivity contribution >= 4 is 17.7 Å². The van der Waals surface area contributed by atoms with Gasteiger partial charge in [0.05, 0.1) is 5.60 Å². The lowest BCUT2D eigenvalue weighted by atomic mass is 9.65. The first-order valence-corrected chi connectivity index (χ1v) is 7.38. The Morgan fingerprint density at radius 2 is 1.94 bits per heavy atom. The van der Waals surface area contributed by atoms with Crippen LogP contribution >= 0.6 is 11.8 Å². The number of carboxylic acid groups (broad SMARTS) is 1. The van der Waals surface area contributed by atoms with Crippen LogP contribution in [0.5, 0.6) is 0 Å². The molecule has 1 unspecified atom stereocenters. The first-order chi connectivity index (χ1) is 8.00. The fraction of sp³-hybridized carbons (Fsp3) is 0.917. The molecule has 0 aromatic carbocycles. The van der Waals surface area contributed by atoms with E-state index in [0.29, 0.717) is 25.0 Å². The molecule has 0 aromatic heterocycles. The molecule has 0 bridgehead atoms. The van der Waals surface area contributed by atoms with E-state index in [4.69, 9.17) is 0 Å². The highest BCUT2D eigenvalue weighted by molar-refractivity contribution is 7.99. The van der Waals surface area contributed by atoms with Crippen LogP contribution in [0.3, 0.4) is 0 Å². The van der Waals surface area contributed by atoms with E-state index in [0.717, 1.165) is 25.3 Å². The minimum atomic E-state index is -1.02. The third kappa shape index (κ3) is 2.20. The Morgan fingerprint density at radius 1 is 1.29 bits per heavy atom. The molecular weight excluding hydrogens is 238 g/mol. The minimum Gasteiger partial charge on any atom is -0.481 e. The number of likely N-dealkylation sites (tertiary alicyclic amines) is 1. The molecule has 5 heteroatoms. The van der Waals surface area contributed by atoms with Gasteiger partial charge in [-0.3, -0.25) is 4.79 Å². The molecule has 0 spiro atoms. The molecule has 4 nitrogen and oxygen atoms in total. The topological polar surface area (TPSA) is 60.8 Å². The summed E-state index contributed by atoms with van der Waals surface area (Å²) < 4.78 is 0. The van der Waals surface area contributed by atoms with Crippen molar-refractivity contribution in [1.82, 2.24) is 4.90 Å². The molecule has 0 aromatic rings. The number of aliphatic hydroxyl groups is 1. The highest BCUT2D eigenvalue weighted by Gasteiger charge is 2.56. The van der Waals surface area contributed by atoms with E-state index in [1.54, 1.807) is 11.8 Å². The van der Waals surface area contributed by atoms with Gasteiger partial charge in [-0.25, -0.2) is 0 Å². The predicted molar refractivity (Wildman–Crippen MR) is 68.3 cm³/mol. The maximum Gasteiger partial charge on any atom is 0.313 e. The second-order valence-corrected chi connectivity index (χ2v) is 6.48. The lowest BCUT2D eigenvalue weighted by Gasteiger charge is -2.49. The molecule has 2 aliphatic heterocycles. The van der Waals surface area contributed by atoms with Crippen LogP contribution in [-0.2, 0) is 4.79 Å². The van der Waals surface area contributed by atoms with E-state index in [9.17, 15) is 15.0 Å². The zero-order valence-corrected chi connectivity index (χ0v) is 11.1. The maximum absolute atomic E-state index is 11.7. The molecular formula is C12H21NO3S. The van der Waals surface area contributed by atoms with Gasteiger partial charge in [-0.05, 0) is 38.5 Å². The fourth-order valence-corrected chi connectivity index (χ4v) is 4.37. The second kappa shape index (κ2) is 4.78. The molecule has 98 valence electrons. The van der Waals surface area contributed by atoms with Crippen LogP contribution in [0.15, 0.2) is 0 Å². The van der Waals surface area contributed by atoms with Gasteiger partial charge in [0.15, 0.2) is 0 Å². The first kappa shape index (κ1) is 13.2. The number of aliphatic carboxylic acids is 1. The second-order valence-electron chi connectivity index (χ2n) is 5.38. The fourth-order valence-electron chi connectivity index (χ4n) is 3.00. The summed E-state index contributed by atoms with van der Waals surface area (Å²) in [6.07, 6.45) is 2.68. The Bertz CT molecular complexity index is 294. The molecule has 1 atom stereocenters. The number of hydrogen-bond acceptors (Lipinski definition) is 4. The highest BCUT2D eigenvalue weighted by Crippen LogP contribution is 2.48. The Hall–Kier alpha value is -0.260.